The lowest BCUT2D eigenvalue weighted by Crippen LogP contribution is -2.12. The molecule has 0 saturated carbocycles. The number of rotatable bonds is 4. The standard InChI is InChI=1S/C13H13N2O3/c1-15-8-11(7-14-15)10-4-3-5-12(6-10)18-9-13(16)17-2/h4-8H,9H2,1-2H3. The Morgan fingerprint density at radius 1 is 1.44 bits per heavy atom. The highest BCUT2D eigenvalue weighted by molar-refractivity contribution is 5.71. The molecule has 1 aromatic carbocycles. The van der Waals surface area contributed by atoms with Crippen molar-refractivity contribution in [1.82, 2.24) is 9.78 Å². The molecule has 0 aliphatic heterocycles. The highest BCUT2D eigenvalue weighted by Crippen LogP contribution is 2.22. The number of carbonyl (C=O) groups excluding carboxylic acids is 1. The summed E-state index contributed by atoms with van der Waals surface area (Å²) in [6.45, 7) is -0.110. The van der Waals surface area contributed by atoms with Crippen molar-refractivity contribution in [3.8, 4) is 16.9 Å². The Morgan fingerprint density at radius 3 is 2.94 bits per heavy atom. The first-order valence-corrected chi connectivity index (χ1v) is 5.39. The van der Waals surface area contributed by atoms with E-state index >= 15 is 0 Å². The highest BCUT2D eigenvalue weighted by Gasteiger charge is 2.04. The fourth-order valence-corrected chi connectivity index (χ4v) is 1.47. The quantitative estimate of drug-likeness (QED) is 0.765. The molecule has 93 valence electrons. The minimum absolute atomic E-state index is 0.110. The Morgan fingerprint density at radius 2 is 2.28 bits per heavy atom. The number of nitrogens with zero attached hydrogens (tertiary/aromatic N) is 2. The van der Waals surface area contributed by atoms with Gasteiger partial charge in [0.2, 0.25) is 0 Å². The maximum absolute atomic E-state index is 11.0. The van der Waals surface area contributed by atoms with Crippen LogP contribution in [0, 0.1) is 6.07 Å². The van der Waals surface area contributed by atoms with E-state index in [0.717, 1.165) is 11.1 Å². The molecule has 0 spiro atoms. The van der Waals surface area contributed by atoms with Crippen LogP contribution < -0.4 is 4.74 Å². The molecular formula is C13H13N2O3. The SMILES string of the molecule is COC(=O)COc1c[c]cc(-c2cnn(C)c2)c1. The lowest BCUT2D eigenvalue weighted by atomic mass is 10.1. The van der Waals surface area contributed by atoms with Crippen molar-refractivity contribution in [2.75, 3.05) is 13.7 Å². The van der Waals surface area contributed by atoms with Gasteiger partial charge in [-0.25, -0.2) is 4.79 Å². The first-order chi connectivity index (χ1) is 8.69. The minimum atomic E-state index is -0.415. The lowest BCUT2D eigenvalue weighted by Gasteiger charge is -2.05. The van der Waals surface area contributed by atoms with Gasteiger partial charge in [0.05, 0.1) is 13.3 Å². The molecule has 0 N–H and O–H groups in total. The Labute approximate surface area is 105 Å². The zero-order chi connectivity index (χ0) is 13.0. The number of aromatic nitrogens is 2. The van der Waals surface area contributed by atoms with Crippen molar-refractivity contribution in [3.63, 3.8) is 0 Å². The van der Waals surface area contributed by atoms with E-state index < -0.39 is 5.97 Å². The topological polar surface area (TPSA) is 53.4 Å². The summed E-state index contributed by atoms with van der Waals surface area (Å²) in [5.74, 6) is 0.156. The average Bonchev–Trinajstić information content (AvgIpc) is 2.83. The minimum Gasteiger partial charge on any atom is -0.482 e. The second-order valence-electron chi connectivity index (χ2n) is 3.72. The number of ether oxygens (including phenoxy) is 2. The molecule has 0 aliphatic carbocycles. The second kappa shape index (κ2) is 5.35. The van der Waals surface area contributed by atoms with Crippen LogP contribution in [0.25, 0.3) is 11.1 Å². The molecule has 1 radical (unpaired) electrons. The third-order valence-electron chi connectivity index (χ3n) is 2.38. The monoisotopic (exact) mass is 245 g/mol. The van der Waals surface area contributed by atoms with E-state index in [4.69, 9.17) is 4.74 Å². The van der Waals surface area contributed by atoms with E-state index in [1.54, 1.807) is 16.9 Å². The summed E-state index contributed by atoms with van der Waals surface area (Å²) in [6.07, 6.45) is 3.65. The predicted molar refractivity (Wildman–Crippen MR) is 65.0 cm³/mol. The van der Waals surface area contributed by atoms with E-state index in [2.05, 4.69) is 15.9 Å². The molecule has 0 amide bonds. The molecule has 0 aliphatic rings. The summed E-state index contributed by atoms with van der Waals surface area (Å²) in [6, 6.07) is 8.30. The van der Waals surface area contributed by atoms with Crippen LogP contribution in [0.1, 0.15) is 0 Å². The van der Waals surface area contributed by atoms with Crippen LogP contribution in [0.4, 0.5) is 0 Å². The van der Waals surface area contributed by atoms with Gasteiger partial charge >= 0.3 is 5.97 Å². The number of benzene rings is 1. The number of methoxy groups -OCH3 is 1. The first-order valence-electron chi connectivity index (χ1n) is 5.39. The normalized spacial score (nSPS) is 10.1. The summed E-state index contributed by atoms with van der Waals surface area (Å²) in [4.78, 5) is 11.0. The molecule has 0 bridgehead atoms. The second-order valence-corrected chi connectivity index (χ2v) is 3.72. The number of hydrogen-bond acceptors (Lipinski definition) is 4. The third-order valence-corrected chi connectivity index (χ3v) is 2.38. The maximum atomic E-state index is 11.0. The van der Waals surface area contributed by atoms with Crippen molar-refractivity contribution in [3.05, 3.63) is 36.7 Å². The summed E-state index contributed by atoms with van der Waals surface area (Å²) < 4.78 is 11.5. The molecule has 2 aromatic rings. The summed E-state index contributed by atoms with van der Waals surface area (Å²) in [7, 11) is 3.18. The van der Waals surface area contributed by atoms with Crippen LogP contribution in [0.5, 0.6) is 5.75 Å². The van der Waals surface area contributed by atoms with Gasteiger partial charge in [-0.1, -0.05) is 0 Å². The molecule has 18 heavy (non-hydrogen) atoms. The van der Waals surface area contributed by atoms with Crippen molar-refractivity contribution in [1.29, 1.82) is 0 Å². The predicted octanol–water partition coefficient (Wildman–Crippen LogP) is 1.44. The van der Waals surface area contributed by atoms with Crippen molar-refractivity contribution < 1.29 is 14.3 Å². The van der Waals surface area contributed by atoms with Crippen molar-refractivity contribution in [2.45, 2.75) is 0 Å². The highest BCUT2D eigenvalue weighted by atomic mass is 16.6. The van der Waals surface area contributed by atoms with E-state index in [9.17, 15) is 4.79 Å². The molecule has 1 aromatic heterocycles. The third kappa shape index (κ3) is 2.88. The lowest BCUT2D eigenvalue weighted by molar-refractivity contribution is -0.142. The van der Waals surface area contributed by atoms with Gasteiger partial charge in [-0.3, -0.25) is 4.68 Å². The fourth-order valence-electron chi connectivity index (χ4n) is 1.47. The number of esters is 1. The van der Waals surface area contributed by atoms with Crippen LogP contribution in [0.2, 0.25) is 0 Å². The van der Waals surface area contributed by atoms with Crippen LogP contribution in [0.15, 0.2) is 30.6 Å². The Bertz CT molecular complexity index is 549. The van der Waals surface area contributed by atoms with Gasteiger partial charge in [-0.15, -0.1) is 0 Å². The number of aryl methyl sites for hydroxylation is 1. The average molecular weight is 245 g/mol. The van der Waals surface area contributed by atoms with E-state index in [1.807, 2.05) is 25.4 Å². The van der Waals surface area contributed by atoms with Crippen LogP contribution in [0.3, 0.4) is 0 Å². The van der Waals surface area contributed by atoms with Gasteiger partial charge in [0.25, 0.3) is 0 Å². The Hall–Kier alpha value is -2.30. The van der Waals surface area contributed by atoms with Gasteiger partial charge < -0.3 is 9.47 Å². The molecule has 0 unspecified atom stereocenters. The van der Waals surface area contributed by atoms with Gasteiger partial charge in [0.1, 0.15) is 5.75 Å². The Balaban J connectivity index is 2.12. The fraction of sp³-hybridized carbons (Fsp3) is 0.231. The molecular weight excluding hydrogens is 232 g/mol. The van der Waals surface area contributed by atoms with Crippen molar-refractivity contribution >= 4 is 5.97 Å². The molecule has 2 rings (SSSR count). The first kappa shape index (κ1) is 12.2. The van der Waals surface area contributed by atoms with E-state index in [0.29, 0.717) is 5.75 Å². The molecule has 1 heterocycles. The molecule has 0 saturated heterocycles. The Kier molecular flexibility index (Phi) is 3.62. The van der Waals surface area contributed by atoms with Crippen LogP contribution in [-0.4, -0.2) is 29.5 Å². The maximum Gasteiger partial charge on any atom is 0.343 e. The van der Waals surface area contributed by atoms with Gasteiger partial charge in [0.15, 0.2) is 6.61 Å². The zero-order valence-electron chi connectivity index (χ0n) is 10.2. The van der Waals surface area contributed by atoms with E-state index in [1.165, 1.54) is 7.11 Å². The molecule has 5 heteroatoms. The van der Waals surface area contributed by atoms with Gasteiger partial charge in [-0.2, -0.15) is 5.10 Å². The van der Waals surface area contributed by atoms with Gasteiger partial charge in [0, 0.05) is 18.8 Å². The van der Waals surface area contributed by atoms with E-state index in [-0.39, 0.29) is 6.61 Å². The number of hydrogen-bond donors (Lipinski definition) is 0. The summed E-state index contributed by atoms with van der Waals surface area (Å²) >= 11 is 0. The smallest absolute Gasteiger partial charge is 0.343 e. The zero-order valence-corrected chi connectivity index (χ0v) is 10.2. The molecule has 0 fully saturated rings. The molecule has 5 nitrogen and oxygen atoms in total. The van der Waals surface area contributed by atoms with Crippen LogP contribution in [-0.2, 0) is 16.6 Å². The number of carbonyl (C=O) groups is 1. The van der Waals surface area contributed by atoms with Crippen molar-refractivity contribution in [2.24, 2.45) is 7.05 Å². The summed E-state index contributed by atoms with van der Waals surface area (Å²) in [5, 5.41) is 4.10. The van der Waals surface area contributed by atoms with Crippen LogP contribution >= 0.6 is 0 Å². The largest absolute Gasteiger partial charge is 0.482 e. The summed E-state index contributed by atoms with van der Waals surface area (Å²) in [5.41, 5.74) is 1.91. The molecule has 0 atom stereocenters. The van der Waals surface area contributed by atoms with Gasteiger partial charge in [-0.05, 0) is 29.8 Å².